The predicted molar refractivity (Wildman–Crippen MR) is 83.6 cm³/mol. The van der Waals surface area contributed by atoms with Crippen LogP contribution in [-0.2, 0) is 11.2 Å². The molecule has 114 valence electrons. The minimum Gasteiger partial charge on any atom is -0.508 e. The second kappa shape index (κ2) is 6.64. The van der Waals surface area contributed by atoms with Crippen molar-refractivity contribution < 1.29 is 14.8 Å². The van der Waals surface area contributed by atoms with Gasteiger partial charge in [0.05, 0.1) is 22.1 Å². The van der Waals surface area contributed by atoms with E-state index in [9.17, 15) is 20.0 Å². The number of carbonyl (C=O) groups excluding carboxylic acids is 1. The van der Waals surface area contributed by atoms with E-state index in [1.54, 1.807) is 0 Å². The van der Waals surface area contributed by atoms with E-state index in [1.165, 1.54) is 30.3 Å². The molecule has 1 amide bonds. The van der Waals surface area contributed by atoms with Crippen LogP contribution >= 0.6 is 23.2 Å². The standard InChI is InChI=1S/C14H10Cl2N2O4/c15-9-1-4-13(19)8(5-9)6-14(20)17-12-3-2-10(18(21)22)7-11(12)16/h1-5,7,19H,6H2,(H,17,20). The number of carbonyl (C=O) groups is 1. The van der Waals surface area contributed by atoms with E-state index in [4.69, 9.17) is 23.2 Å². The summed E-state index contributed by atoms with van der Waals surface area (Å²) in [6.45, 7) is 0. The number of benzene rings is 2. The number of phenols is 1. The Balaban J connectivity index is 2.12. The molecule has 0 aliphatic rings. The molecule has 2 N–H and O–H groups in total. The Bertz CT molecular complexity index is 750. The van der Waals surface area contributed by atoms with Crippen molar-refractivity contribution >= 4 is 40.5 Å². The van der Waals surface area contributed by atoms with Gasteiger partial charge in [0.2, 0.25) is 5.91 Å². The summed E-state index contributed by atoms with van der Waals surface area (Å²) in [7, 11) is 0. The van der Waals surface area contributed by atoms with E-state index in [-0.39, 0.29) is 28.6 Å². The van der Waals surface area contributed by atoms with E-state index in [0.29, 0.717) is 10.6 Å². The molecule has 8 heteroatoms. The number of nitro benzene ring substituents is 1. The molecule has 0 atom stereocenters. The number of hydrogen-bond acceptors (Lipinski definition) is 4. The van der Waals surface area contributed by atoms with Gasteiger partial charge in [-0.3, -0.25) is 14.9 Å². The van der Waals surface area contributed by atoms with Gasteiger partial charge in [0.1, 0.15) is 5.75 Å². The van der Waals surface area contributed by atoms with Crippen LogP contribution in [0.4, 0.5) is 11.4 Å². The van der Waals surface area contributed by atoms with Crippen LogP contribution in [0.3, 0.4) is 0 Å². The smallest absolute Gasteiger partial charge is 0.271 e. The van der Waals surface area contributed by atoms with Gasteiger partial charge in [-0.1, -0.05) is 23.2 Å². The molecule has 6 nitrogen and oxygen atoms in total. The lowest BCUT2D eigenvalue weighted by atomic mass is 10.1. The fourth-order valence-electron chi connectivity index (χ4n) is 1.78. The molecule has 2 aromatic rings. The molecule has 0 unspecified atom stereocenters. The maximum Gasteiger partial charge on any atom is 0.271 e. The summed E-state index contributed by atoms with van der Waals surface area (Å²) in [6, 6.07) is 8.10. The molecule has 0 radical (unpaired) electrons. The van der Waals surface area contributed by atoms with E-state index in [0.717, 1.165) is 6.07 Å². The number of nitrogens with zero attached hydrogens (tertiary/aromatic N) is 1. The molecule has 0 saturated heterocycles. The quantitative estimate of drug-likeness (QED) is 0.654. The highest BCUT2D eigenvalue weighted by atomic mass is 35.5. The van der Waals surface area contributed by atoms with Gasteiger partial charge in [-0.05, 0) is 24.3 Å². The molecule has 0 aromatic heterocycles. The number of nitrogens with one attached hydrogen (secondary N) is 1. The van der Waals surface area contributed by atoms with Gasteiger partial charge in [0.25, 0.3) is 5.69 Å². The van der Waals surface area contributed by atoms with Gasteiger partial charge in [-0.25, -0.2) is 0 Å². The van der Waals surface area contributed by atoms with E-state index in [1.807, 2.05) is 0 Å². The predicted octanol–water partition coefficient (Wildman–Crippen LogP) is 3.79. The number of anilines is 1. The molecular formula is C14H10Cl2N2O4. The molecule has 0 spiro atoms. The van der Waals surface area contributed by atoms with E-state index >= 15 is 0 Å². The van der Waals surface area contributed by atoms with Crippen LogP contribution < -0.4 is 5.32 Å². The summed E-state index contributed by atoms with van der Waals surface area (Å²) >= 11 is 11.7. The van der Waals surface area contributed by atoms with Crippen LogP contribution in [0.5, 0.6) is 5.75 Å². The molecule has 22 heavy (non-hydrogen) atoms. The average molecular weight is 341 g/mol. The Labute approximate surface area is 135 Å². The first-order chi connectivity index (χ1) is 10.4. The van der Waals surface area contributed by atoms with Gasteiger partial charge in [-0.2, -0.15) is 0 Å². The summed E-state index contributed by atoms with van der Waals surface area (Å²) in [4.78, 5) is 22.0. The molecular weight excluding hydrogens is 331 g/mol. The Morgan fingerprint density at radius 3 is 2.59 bits per heavy atom. The number of non-ortho nitro benzene ring substituents is 1. The number of halogens is 2. The van der Waals surface area contributed by atoms with Crippen molar-refractivity contribution in [3.63, 3.8) is 0 Å². The molecule has 0 aliphatic carbocycles. The van der Waals surface area contributed by atoms with Crippen molar-refractivity contribution in [3.8, 4) is 5.75 Å². The highest BCUT2D eigenvalue weighted by molar-refractivity contribution is 6.34. The lowest BCUT2D eigenvalue weighted by molar-refractivity contribution is -0.384. The number of rotatable bonds is 4. The van der Waals surface area contributed by atoms with E-state index in [2.05, 4.69) is 5.32 Å². The van der Waals surface area contributed by atoms with Crippen LogP contribution in [0.15, 0.2) is 36.4 Å². The Morgan fingerprint density at radius 2 is 1.95 bits per heavy atom. The van der Waals surface area contributed by atoms with Crippen molar-refractivity contribution in [2.45, 2.75) is 6.42 Å². The molecule has 0 aliphatic heterocycles. The Kier molecular flexibility index (Phi) is 4.85. The summed E-state index contributed by atoms with van der Waals surface area (Å²) in [5.41, 5.74) is 0.442. The summed E-state index contributed by atoms with van der Waals surface area (Å²) in [5, 5.41) is 23.3. The van der Waals surface area contributed by atoms with Crippen LogP contribution in [0.2, 0.25) is 10.0 Å². The summed E-state index contributed by atoms with van der Waals surface area (Å²) < 4.78 is 0. The van der Waals surface area contributed by atoms with Gasteiger partial charge >= 0.3 is 0 Å². The molecule has 0 fully saturated rings. The Morgan fingerprint density at radius 1 is 1.23 bits per heavy atom. The second-order valence-corrected chi connectivity index (χ2v) is 5.26. The third kappa shape index (κ3) is 3.87. The van der Waals surface area contributed by atoms with E-state index < -0.39 is 10.8 Å². The zero-order chi connectivity index (χ0) is 16.3. The first-order valence-electron chi connectivity index (χ1n) is 6.08. The molecule has 0 bridgehead atoms. The largest absolute Gasteiger partial charge is 0.508 e. The first-order valence-corrected chi connectivity index (χ1v) is 6.83. The molecule has 0 heterocycles. The minimum atomic E-state index is -0.582. The first kappa shape index (κ1) is 16.1. The van der Waals surface area contributed by atoms with Crippen LogP contribution in [0, 0.1) is 10.1 Å². The third-order valence-electron chi connectivity index (χ3n) is 2.83. The van der Waals surface area contributed by atoms with Gasteiger partial charge in [0.15, 0.2) is 0 Å². The van der Waals surface area contributed by atoms with Crippen molar-refractivity contribution in [2.24, 2.45) is 0 Å². The van der Waals surface area contributed by atoms with Gasteiger partial charge < -0.3 is 10.4 Å². The maximum atomic E-state index is 12.0. The summed E-state index contributed by atoms with van der Waals surface area (Å²) in [6.07, 6.45) is -0.111. The zero-order valence-electron chi connectivity index (χ0n) is 11.0. The second-order valence-electron chi connectivity index (χ2n) is 4.42. The topological polar surface area (TPSA) is 92.5 Å². The van der Waals surface area contributed by atoms with Crippen LogP contribution in [0.1, 0.15) is 5.56 Å². The van der Waals surface area contributed by atoms with Crippen molar-refractivity contribution in [3.05, 3.63) is 62.1 Å². The Hall–Kier alpha value is -2.31. The normalized spacial score (nSPS) is 10.3. The third-order valence-corrected chi connectivity index (χ3v) is 3.38. The lowest BCUT2D eigenvalue weighted by Crippen LogP contribution is -2.14. The fraction of sp³-hybridized carbons (Fsp3) is 0.0714. The van der Waals surface area contributed by atoms with Crippen LogP contribution in [0.25, 0.3) is 0 Å². The highest BCUT2D eigenvalue weighted by Gasteiger charge is 2.13. The lowest BCUT2D eigenvalue weighted by Gasteiger charge is -2.08. The SMILES string of the molecule is O=C(Cc1cc(Cl)ccc1O)Nc1ccc([N+](=O)[O-])cc1Cl. The number of phenolic OH excluding ortho intramolecular Hbond substituents is 1. The maximum absolute atomic E-state index is 12.0. The average Bonchev–Trinajstić information content (AvgIpc) is 2.45. The highest BCUT2D eigenvalue weighted by Crippen LogP contribution is 2.27. The summed E-state index contributed by atoms with van der Waals surface area (Å²) in [5.74, 6) is -0.484. The minimum absolute atomic E-state index is 0.0469. The van der Waals surface area contributed by atoms with Crippen LogP contribution in [-0.4, -0.2) is 15.9 Å². The molecule has 2 aromatic carbocycles. The molecule has 0 saturated carbocycles. The molecule has 2 rings (SSSR count). The fourth-order valence-corrected chi connectivity index (χ4v) is 2.20. The zero-order valence-corrected chi connectivity index (χ0v) is 12.6. The van der Waals surface area contributed by atoms with Gasteiger partial charge in [0, 0.05) is 22.7 Å². The number of aromatic hydroxyl groups is 1. The van der Waals surface area contributed by atoms with Crippen molar-refractivity contribution in [2.75, 3.05) is 5.32 Å². The van der Waals surface area contributed by atoms with Crippen molar-refractivity contribution in [1.29, 1.82) is 0 Å². The number of nitro groups is 1. The number of hydrogen-bond donors (Lipinski definition) is 2. The van der Waals surface area contributed by atoms with Crippen molar-refractivity contribution in [1.82, 2.24) is 0 Å². The number of amides is 1. The van der Waals surface area contributed by atoms with Gasteiger partial charge in [-0.15, -0.1) is 0 Å². The monoisotopic (exact) mass is 340 g/mol.